The normalized spacial score (nSPS) is 15.2. The average Bonchev–Trinajstić information content (AvgIpc) is 2.78. The summed E-state index contributed by atoms with van der Waals surface area (Å²) < 4.78 is 51.8. The topological polar surface area (TPSA) is 61.4 Å². The van der Waals surface area contributed by atoms with Crippen molar-refractivity contribution < 1.29 is 22.4 Å². The first-order valence-electron chi connectivity index (χ1n) is 10.2. The summed E-state index contributed by atoms with van der Waals surface area (Å²) in [6.45, 7) is 3.85. The van der Waals surface area contributed by atoms with E-state index in [0.717, 1.165) is 19.2 Å². The Hall–Kier alpha value is -3.27. The van der Waals surface area contributed by atoms with Gasteiger partial charge in [0, 0.05) is 56.4 Å². The number of piperazine rings is 1. The molecule has 4 rings (SSSR count). The summed E-state index contributed by atoms with van der Waals surface area (Å²) in [5.41, 5.74) is -0.258. The molecule has 1 aromatic carbocycles. The number of carbonyl (C=O) groups excluding carboxylic acids is 1. The predicted molar refractivity (Wildman–Crippen MR) is 112 cm³/mol. The summed E-state index contributed by atoms with van der Waals surface area (Å²) in [4.78, 5) is 24.4. The molecule has 0 atom stereocenters. The Morgan fingerprint density at radius 3 is 2.41 bits per heavy atom. The van der Waals surface area contributed by atoms with E-state index in [4.69, 9.17) is 0 Å². The molecule has 0 saturated carbocycles. The van der Waals surface area contributed by atoms with Crippen LogP contribution in [-0.2, 0) is 6.18 Å². The molecule has 6 nitrogen and oxygen atoms in total. The highest BCUT2D eigenvalue weighted by Gasteiger charge is 2.32. The fourth-order valence-electron chi connectivity index (χ4n) is 3.66. The zero-order chi connectivity index (χ0) is 22.7. The monoisotopic (exact) mass is 447 g/mol. The summed E-state index contributed by atoms with van der Waals surface area (Å²) >= 11 is 0. The number of benzene rings is 1. The summed E-state index contributed by atoms with van der Waals surface area (Å²) in [7, 11) is 0. The standard InChI is InChI=1S/C22H21F4N5O/c23-16-3-1-15(2-4-16)21(32)28-9-10-30-11-13-31(14-12-30)20-17-5-6-19(22(24,25)26)29-18(17)7-8-27-20/h1-8H,9-14H2,(H,28,32). The van der Waals surface area contributed by atoms with Gasteiger partial charge in [-0.15, -0.1) is 0 Å². The van der Waals surface area contributed by atoms with Crippen molar-refractivity contribution in [1.29, 1.82) is 0 Å². The third kappa shape index (κ3) is 4.96. The molecule has 1 N–H and O–H groups in total. The minimum atomic E-state index is -4.49. The smallest absolute Gasteiger partial charge is 0.353 e. The molecule has 3 aromatic rings. The lowest BCUT2D eigenvalue weighted by Crippen LogP contribution is -2.48. The number of halogens is 4. The number of hydrogen-bond acceptors (Lipinski definition) is 5. The van der Waals surface area contributed by atoms with Gasteiger partial charge in [-0.3, -0.25) is 9.69 Å². The van der Waals surface area contributed by atoms with Gasteiger partial charge >= 0.3 is 6.18 Å². The molecule has 10 heteroatoms. The van der Waals surface area contributed by atoms with Gasteiger partial charge in [0.15, 0.2) is 0 Å². The number of anilines is 1. The molecule has 3 heterocycles. The van der Waals surface area contributed by atoms with Crippen LogP contribution in [0.5, 0.6) is 0 Å². The maximum Gasteiger partial charge on any atom is 0.433 e. The van der Waals surface area contributed by atoms with Crippen LogP contribution in [0.3, 0.4) is 0 Å². The van der Waals surface area contributed by atoms with Gasteiger partial charge in [0.05, 0.1) is 5.52 Å². The molecule has 0 unspecified atom stereocenters. The van der Waals surface area contributed by atoms with E-state index in [2.05, 4.69) is 20.2 Å². The van der Waals surface area contributed by atoms with Crippen LogP contribution in [-0.4, -0.2) is 60.0 Å². The Balaban J connectivity index is 1.32. The van der Waals surface area contributed by atoms with Crippen molar-refractivity contribution in [2.24, 2.45) is 0 Å². The largest absolute Gasteiger partial charge is 0.433 e. The molecular formula is C22H21F4N5O. The molecule has 2 aromatic heterocycles. The SMILES string of the molecule is O=C(NCCN1CCN(c2nccc3nc(C(F)(F)F)ccc23)CC1)c1ccc(F)cc1. The van der Waals surface area contributed by atoms with Crippen LogP contribution < -0.4 is 10.2 Å². The highest BCUT2D eigenvalue weighted by molar-refractivity contribution is 5.94. The molecule has 0 bridgehead atoms. The molecule has 32 heavy (non-hydrogen) atoms. The molecule has 1 fully saturated rings. The van der Waals surface area contributed by atoms with Crippen molar-refractivity contribution in [3.63, 3.8) is 0 Å². The second kappa shape index (κ2) is 9.07. The first kappa shape index (κ1) is 21.9. The highest BCUT2D eigenvalue weighted by atomic mass is 19.4. The van der Waals surface area contributed by atoms with Gasteiger partial charge < -0.3 is 10.2 Å². The number of aromatic nitrogens is 2. The Bertz CT molecular complexity index is 1100. The lowest BCUT2D eigenvalue weighted by Gasteiger charge is -2.35. The number of fused-ring (bicyclic) bond motifs is 1. The van der Waals surface area contributed by atoms with Gasteiger partial charge in [0.2, 0.25) is 0 Å². The highest BCUT2D eigenvalue weighted by Crippen LogP contribution is 2.31. The van der Waals surface area contributed by atoms with Gasteiger partial charge in [0.25, 0.3) is 5.91 Å². The van der Waals surface area contributed by atoms with Gasteiger partial charge in [-0.1, -0.05) is 0 Å². The van der Waals surface area contributed by atoms with Crippen molar-refractivity contribution in [3.05, 3.63) is 65.7 Å². The number of hydrogen-bond donors (Lipinski definition) is 1. The minimum absolute atomic E-state index is 0.255. The van der Waals surface area contributed by atoms with Crippen LogP contribution in [0.1, 0.15) is 16.1 Å². The Morgan fingerprint density at radius 1 is 1.00 bits per heavy atom. The van der Waals surface area contributed by atoms with Crippen LogP contribution in [0.25, 0.3) is 10.9 Å². The van der Waals surface area contributed by atoms with Crippen molar-refractivity contribution in [1.82, 2.24) is 20.2 Å². The summed E-state index contributed by atoms with van der Waals surface area (Å²) in [5.74, 6) is -0.0287. The number of rotatable bonds is 5. The Kier molecular flexibility index (Phi) is 6.22. The van der Waals surface area contributed by atoms with Crippen molar-refractivity contribution in [2.75, 3.05) is 44.2 Å². The minimum Gasteiger partial charge on any atom is -0.353 e. The lowest BCUT2D eigenvalue weighted by molar-refractivity contribution is -0.140. The fourth-order valence-corrected chi connectivity index (χ4v) is 3.66. The average molecular weight is 447 g/mol. The Morgan fingerprint density at radius 2 is 1.72 bits per heavy atom. The van der Waals surface area contributed by atoms with E-state index in [-0.39, 0.29) is 11.4 Å². The predicted octanol–water partition coefficient (Wildman–Crippen LogP) is 3.34. The van der Waals surface area contributed by atoms with Crippen LogP contribution >= 0.6 is 0 Å². The van der Waals surface area contributed by atoms with E-state index in [0.29, 0.717) is 42.9 Å². The molecule has 1 saturated heterocycles. The van der Waals surface area contributed by atoms with Gasteiger partial charge in [-0.25, -0.2) is 14.4 Å². The maximum atomic E-state index is 13.0. The second-order valence-corrected chi connectivity index (χ2v) is 7.49. The number of pyridine rings is 2. The van der Waals surface area contributed by atoms with E-state index < -0.39 is 17.7 Å². The number of amides is 1. The van der Waals surface area contributed by atoms with E-state index in [1.165, 1.54) is 42.6 Å². The van der Waals surface area contributed by atoms with E-state index >= 15 is 0 Å². The van der Waals surface area contributed by atoms with Crippen LogP contribution in [0.15, 0.2) is 48.7 Å². The van der Waals surface area contributed by atoms with Crippen molar-refractivity contribution in [2.45, 2.75) is 6.18 Å². The molecule has 1 amide bonds. The Labute approximate surface area is 181 Å². The zero-order valence-electron chi connectivity index (χ0n) is 17.1. The molecular weight excluding hydrogens is 426 g/mol. The molecule has 0 radical (unpaired) electrons. The van der Waals surface area contributed by atoms with Gasteiger partial charge in [-0.2, -0.15) is 13.2 Å². The quantitative estimate of drug-likeness (QED) is 0.608. The van der Waals surface area contributed by atoms with E-state index in [1.54, 1.807) is 0 Å². The van der Waals surface area contributed by atoms with Crippen molar-refractivity contribution in [3.8, 4) is 0 Å². The maximum absolute atomic E-state index is 13.0. The molecule has 0 aliphatic carbocycles. The van der Waals surface area contributed by atoms with Gasteiger partial charge in [-0.05, 0) is 42.5 Å². The number of alkyl halides is 3. The third-order valence-corrected chi connectivity index (χ3v) is 5.38. The first-order valence-corrected chi connectivity index (χ1v) is 10.2. The molecule has 168 valence electrons. The first-order chi connectivity index (χ1) is 15.3. The van der Waals surface area contributed by atoms with E-state index in [9.17, 15) is 22.4 Å². The fraction of sp³-hybridized carbons (Fsp3) is 0.318. The number of carbonyl (C=O) groups is 1. The van der Waals surface area contributed by atoms with Crippen LogP contribution in [0.4, 0.5) is 23.4 Å². The number of nitrogens with zero attached hydrogens (tertiary/aromatic N) is 4. The molecule has 1 aliphatic heterocycles. The summed E-state index contributed by atoms with van der Waals surface area (Å²) in [5, 5.41) is 3.40. The second-order valence-electron chi connectivity index (χ2n) is 7.49. The lowest BCUT2D eigenvalue weighted by atomic mass is 10.2. The summed E-state index contributed by atoms with van der Waals surface area (Å²) in [6.07, 6.45) is -3.02. The van der Waals surface area contributed by atoms with Crippen molar-refractivity contribution >= 4 is 22.6 Å². The van der Waals surface area contributed by atoms with Gasteiger partial charge in [0.1, 0.15) is 17.3 Å². The van der Waals surface area contributed by atoms with E-state index in [1.807, 2.05) is 4.90 Å². The molecule has 1 aliphatic rings. The van der Waals surface area contributed by atoms with Crippen LogP contribution in [0.2, 0.25) is 0 Å². The number of nitrogens with one attached hydrogen (secondary N) is 1. The third-order valence-electron chi connectivity index (χ3n) is 5.38. The summed E-state index contributed by atoms with van der Waals surface area (Å²) in [6, 6.07) is 9.25. The molecule has 0 spiro atoms. The van der Waals surface area contributed by atoms with Crippen LogP contribution in [0, 0.1) is 5.82 Å². The zero-order valence-corrected chi connectivity index (χ0v) is 17.1.